The minimum atomic E-state index is 0.889. The van der Waals surface area contributed by atoms with E-state index in [1.54, 1.807) is 23.8 Å². The molecule has 11 heavy (non-hydrogen) atoms. The van der Waals surface area contributed by atoms with Gasteiger partial charge >= 0.3 is 0 Å². The van der Waals surface area contributed by atoms with E-state index in [4.69, 9.17) is 4.52 Å². The third kappa shape index (κ3) is 1.05. The van der Waals surface area contributed by atoms with Gasteiger partial charge in [0.05, 0.1) is 11.3 Å². The number of thiazole rings is 1. The summed E-state index contributed by atoms with van der Waals surface area (Å²) >= 11 is 1.58. The Morgan fingerprint density at radius 1 is 1.55 bits per heavy atom. The van der Waals surface area contributed by atoms with E-state index in [9.17, 15) is 0 Å². The van der Waals surface area contributed by atoms with Crippen LogP contribution in [0.4, 0.5) is 0 Å². The third-order valence-electron chi connectivity index (χ3n) is 1.41. The number of hydrogen-bond donors (Lipinski definition) is 0. The van der Waals surface area contributed by atoms with E-state index in [2.05, 4.69) is 10.1 Å². The van der Waals surface area contributed by atoms with Crippen LogP contribution in [-0.2, 0) is 0 Å². The minimum absolute atomic E-state index is 0.889. The van der Waals surface area contributed by atoms with E-state index >= 15 is 0 Å². The van der Waals surface area contributed by atoms with Gasteiger partial charge in [0, 0.05) is 11.6 Å². The molecule has 0 saturated carbocycles. The van der Waals surface area contributed by atoms with Crippen molar-refractivity contribution in [1.82, 2.24) is 10.1 Å². The Kier molecular flexibility index (Phi) is 1.47. The average molecular weight is 166 g/mol. The van der Waals surface area contributed by atoms with E-state index in [-0.39, 0.29) is 0 Å². The average Bonchev–Trinajstić information content (AvgIpc) is 2.55. The van der Waals surface area contributed by atoms with Crippen molar-refractivity contribution in [2.24, 2.45) is 0 Å². The summed E-state index contributed by atoms with van der Waals surface area (Å²) < 4.78 is 4.79. The monoisotopic (exact) mass is 166 g/mol. The second kappa shape index (κ2) is 2.47. The van der Waals surface area contributed by atoms with E-state index in [0.717, 1.165) is 16.3 Å². The zero-order valence-electron chi connectivity index (χ0n) is 5.94. The Balaban J connectivity index is 2.53. The Bertz CT molecular complexity index is 339. The van der Waals surface area contributed by atoms with Crippen molar-refractivity contribution in [2.45, 2.75) is 6.92 Å². The molecule has 0 saturated heterocycles. The highest BCUT2D eigenvalue weighted by Crippen LogP contribution is 2.23. The molecule has 0 aromatic carbocycles. The maximum atomic E-state index is 4.79. The van der Waals surface area contributed by atoms with Gasteiger partial charge in [-0.25, -0.2) is 4.98 Å². The van der Waals surface area contributed by atoms with Crippen LogP contribution in [0.5, 0.6) is 0 Å². The third-order valence-corrected chi connectivity index (χ3v) is 2.22. The van der Waals surface area contributed by atoms with Gasteiger partial charge in [-0.2, -0.15) is 0 Å². The van der Waals surface area contributed by atoms with Crippen molar-refractivity contribution >= 4 is 11.3 Å². The van der Waals surface area contributed by atoms with Gasteiger partial charge in [0.1, 0.15) is 11.3 Å². The predicted octanol–water partition coefficient (Wildman–Crippen LogP) is 2.11. The van der Waals surface area contributed by atoms with Crippen LogP contribution in [0.15, 0.2) is 22.4 Å². The maximum absolute atomic E-state index is 4.79. The Labute approximate surface area is 67.7 Å². The lowest BCUT2D eigenvalue weighted by molar-refractivity contribution is 0.415. The summed E-state index contributed by atoms with van der Waals surface area (Å²) in [7, 11) is 0. The fourth-order valence-corrected chi connectivity index (χ4v) is 1.55. The van der Waals surface area contributed by atoms with Crippen molar-refractivity contribution in [3.8, 4) is 10.6 Å². The molecular formula is C7H6N2OS. The maximum Gasteiger partial charge on any atom is 0.134 e. The normalized spacial score (nSPS) is 10.3. The highest BCUT2D eigenvalue weighted by Gasteiger charge is 2.06. The van der Waals surface area contributed by atoms with Crippen LogP contribution in [-0.4, -0.2) is 10.1 Å². The molecule has 56 valence electrons. The summed E-state index contributed by atoms with van der Waals surface area (Å²) in [5, 5.41) is 6.66. The number of rotatable bonds is 1. The molecule has 0 N–H and O–H groups in total. The Morgan fingerprint density at radius 2 is 2.45 bits per heavy atom. The standard InChI is InChI=1S/C7H6N2OS/c1-5-6(4-10-9-5)7-8-2-3-11-7/h2-4H,1H3. The second-order valence-corrected chi connectivity index (χ2v) is 3.05. The first-order chi connectivity index (χ1) is 5.38. The van der Waals surface area contributed by atoms with Gasteiger partial charge in [-0.15, -0.1) is 11.3 Å². The first kappa shape index (κ1) is 6.54. The summed E-state index contributed by atoms with van der Waals surface area (Å²) in [4.78, 5) is 4.14. The molecule has 0 atom stereocenters. The molecule has 0 fully saturated rings. The molecule has 2 rings (SSSR count). The fourth-order valence-electron chi connectivity index (χ4n) is 0.854. The smallest absolute Gasteiger partial charge is 0.134 e. The van der Waals surface area contributed by atoms with Gasteiger partial charge < -0.3 is 4.52 Å². The lowest BCUT2D eigenvalue weighted by Crippen LogP contribution is -1.75. The summed E-state index contributed by atoms with van der Waals surface area (Å²) in [6, 6.07) is 0. The quantitative estimate of drug-likeness (QED) is 0.651. The van der Waals surface area contributed by atoms with Gasteiger partial charge in [-0.3, -0.25) is 0 Å². The largest absolute Gasteiger partial charge is 0.364 e. The van der Waals surface area contributed by atoms with Crippen LogP contribution < -0.4 is 0 Å². The molecule has 0 aliphatic heterocycles. The lowest BCUT2D eigenvalue weighted by atomic mass is 10.3. The van der Waals surface area contributed by atoms with E-state index in [1.165, 1.54) is 0 Å². The van der Waals surface area contributed by atoms with Gasteiger partial charge in [-0.1, -0.05) is 5.16 Å². The van der Waals surface area contributed by atoms with E-state index < -0.39 is 0 Å². The molecule has 0 aliphatic carbocycles. The lowest BCUT2D eigenvalue weighted by Gasteiger charge is -1.86. The molecule has 2 heterocycles. The van der Waals surface area contributed by atoms with Crippen LogP contribution in [0.3, 0.4) is 0 Å². The summed E-state index contributed by atoms with van der Waals surface area (Å²) in [6.45, 7) is 1.90. The molecule has 4 heteroatoms. The molecule has 2 aromatic rings. The van der Waals surface area contributed by atoms with Crippen LogP contribution in [0.2, 0.25) is 0 Å². The van der Waals surface area contributed by atoms with Crippen molar-refractivity contribution in [2.75, 3.05) is 0 Å². The van der Waals surface area contributed by atoms with Crippen molar-refractivity contribution < 1.29 is 4.52 Å². The van der Waals surface area contributed by atoms with Gasteiger partial charge in [-0.05, 0) is 6.92 Å². The van der Waals surface area contributed by atoms with Crippen LogP contribution in [0.25, 0.3) is 10.6 Å². The van der Waals surface area contributed by atoms with Gasteiger partial charge in [0.25, 0.3) is 0 Å². The van der Waals surface area contributed by atoms with Gasteiger partial charge in [0.15, 0.2) is 0 Å². The molecular weight excluding hydrogens is 160 g/mol. The topological polar surface area (TPSA) is 38.9 Å². The highest BCUT2D eigenvalue weighted by molar-refractivity contribution is 7.13. The number of aryl methyl sites for hydroxylation is 1. The van der Waals surface area contributed by atoms with Crippen LogP contribution >= 0.6 is 11.3 Å². The van der Waals surface area contributed by atoms with Crippen molar-refractivity contribution in [1.29, 1.82) is 0 Å². The summed E-state index contributed by atoms with van der Waals surface area (Å²) in [6.07, 6.45) is 3.39. The molecule has 3 nitrogen and oxygen atoms in total. The molecule has 0 aliphatic rings. The number of aromatic nitrogens is 2. The zero-order chi connectivity index (χ0) is 7.68. The number of hydrogen-bond acceptors (Lipinski definition) is 4. The molecule has 2 aromatic heterocycles. The number of nitrogens with zero attached hydrogens (tertiary/aromatic N) is 2. The second-order valence-electron chi connectivity index (χ2n) is 2.15. The van der Waals surface area contributed by atoms with Crippen molar-refractivity contribution in [3.63, 3.8) is 0 Å². The predicted molar refractivity (Wildman–Crippen MR) is 42.3 cm³/mol. The SMILES string of the molecule is Cc1nocc1-c1nccs1. The molecule has 0 amide bonds. The first-order valence-electron chi connectivity index (χ1n) is 3.19. The summed E-state index contributed by atoms with van der Waals surface area (Å²) in [5.41, 5.74) is 1.87. The highest BCUT2D eigenvalue weighted by atomic mass is 32.1. The minimum Gasteiger partial charge on any atom is -0.364 e. The molecule has 0 radical (unpaired) electrons. The molecule has 0 unspecified atom stereocenters. The van der Waals surface area contributed by atoms with Crippen LogP contribution in [0, 0.1) is 6.92 Å². The Morgan fingerprint density at radius 3 is 3.00 bits per heavy atom. The molecule has 0 spiro atoms. The first-order valence-corrected chi connectivity index (χ1v) is 4.07. The zero-order valence-corrected chi connectivity index (χ0v) is 6.76. The van der Waals surface area contributed by atoms with Gasteiger partial charge in [0.2, 0.25) is 0 Å². The van der Waals surface area contributed by atoms with E-state index in [1.807, 2.05) is 12.3 Å². The Hall–Kier alpha value is -1.16. The van der Waals surface area contributed by atoms with Crippen molar-refractivity contribution in [3.05, 3.63) is 23.5 Å². The van der Waals surface area contributed by atoms with E-state index in [0.29, 0.717) is 0 Å². The molecule has 0 bridgehead atoms. The fraction of sp³-hybridized carbons (Fsp3) is 0.143. The summed E-state index contributed by atoms with van der Waals surface area (Å²) in [5.74, 6) is 0. The van der Waals surface area contributed by atoms with Crippen LogP contribution in [0.1, 0.15) is 5.69 Å².